The maximum Gasteiger partial charge on any atom is 0.337 e. The molecule has 0 radical (unpaired) electrons. The Balaban J connectivity index is 1.80. The lowest BCUT2D eigenvalue weighted by molar-refractivity contribution is -0.114. The van der Waals surface area contributed by atoms with Crippen LogP contribution in [0.4, 0.5) is 28.8 Å². The number of hydrogen-bond donors (Lipinski definition) is 3. The van der Waals surface area contributed by atoms with Crippen molar-refractivity contribution in [2.24, 2.45) is 0 Å². The van der Waals surface area contributed by atoms with Crippen molar-refractivity contribution >= 4 is 40.7 Å². The molecule has 3 aromatic rings. The number of methoxy groups -OCH3 is 1. The molecular formula is C21H21N5O3. The van der Waals surface area contributed by atoms with Crippen LogP contribution >= 0.6 is 0 Å². The van der Waals surface area contributed by atoms with Crippen molar-refractivity contribution in [2.75, 3.05) is 23.1 Å². The van der Waals surface area contributed by atoms with E-state index in [1.54, 1.807) is 30.3 Å². The normalized spacial score (nSPS) is 10.2. The Morgan fingerprint density at radius 2 is 1.59 bits per heavy atom. The molecule has 0 aliphatic heterocycles. The zero-order valence-electron chi connectivity index (χ0n) is 16.3. The number of carbonyl (C=O) groups excluding carboxylic acids is 2. The molecule has 3 rings (SSSR count). The van der Waals surface area contributed by atoms with Crippen LogP contribution in [0, 0.1) is 6.92 Å². The molecule has 0 saturated heterocycles. The van der Waals surface area contributed by atoms with Crippen molar-refractivity contribution in [3.63, 3.8) is 0 Å². The van der Waals surface area contributed by atoms with Gasteiger partial charge in [0.15, 0.2) is 0 Å². The number of nitrogens with one attached hydrogen (secondary N) is 3. The summed E-state index contributed by atoms with van der Waals surface area (Å²) in [7, 11) is 1.34. The van der Waals surface area contributed by atoms with Crippen LogP contribution in [0.1, 0.15) is 23.0 Å². The molecule has 29 heavy (non-hydrogen) atoms. The Labute approximate surface area is 168 Å². The van der Waals surface area contributed by atoms with Crippen molar-refractivity contribution in [3.8, 4) is 0 Å². The van der Waals surface area contributed by atoms with Gasteiger partial charge in [0.05, 0.1) is 12.7 Å². The second-order valence-electron chi connectivity index (χ2n) is 6.30. The van der Waals surface area contributed by atoms with Gasteiger partial charge in [0, 0.05) is 35.7 Å². The van der Waals surface area contributed by atoms with Gasteiger partial charge in [0.2, 0.25) is 11.9 Å². The van der Waals surface area contributed by atoms with E-state index in [1.807, 2.05) is 31.2 Å². The van der Waals surface area contributed by atoms with Crippen LogP contribution in [0.15, 0.2) is 54.6 Å². The van der Waals surface area contributed by atoms with Crippen molar-refractivity contribution in [3.05, 3.63) is 65.9 Å². The molecule has 0 bridgehead atoms. The zero-order chi connectivity index (χ0) is 20.8. The van der Waals surface area contributed by atoms with Gasteiger partial charge in [-0.25, -0.2) is 9.78 Å². The molecule has 0 fully saturated rings. The number of esters is 1. The second-order valence-corrected chi connectivity index (χ2v) is 6.30. The van der Waals surface area contributed by atoms with Crippen LogP contribution in [-0.4, -0.2) is 29.0 Å². The first-order chi connectivity index (χ1) is 13.9. The Morgan fingerprint density at radius 3 is 2.31 bits per heavy atom. The fourth-order valence-corrected chi connectivity index (χ4v) is 2.69. The number of anilines is 5. The van der Waals surface area contributed by atoms with Gasteiger partial charge in [-0.1, -0.05) is 12.1 Å². The van der Waals surface area contributed by atoms with Crippen LogP contribution in [0.5, 0.6) is 0 Å². The third kappa shape index (κ3) is 5.52. The predicted octanol–water partition coefficient (Wildman–Crippen LogP) is 4.02. The molecule has 2 aromatic carbocycles. The third-order valence-electron chi connectivity index (χ3n) is 3.85. The molecule has 3 N–H and O–H groups in total. The van der Waals surface area contributed by atoms with E-state index in [2.05, 4.69) is 25.9 Å². The van der Waals surface area contributed by atoms with E-state index in [0.29, 0.717) is 28.7 Å². The van der Waals surface area contributed by atoms with Gasteiger partial charge in [0.1, 0.15) is 5.82 Å². The van der Waals surface area contributed by atoms with Gasteiger partial charge in [-0.2, -0.15) is 4.98 Å². The van der Waals surface area contributed by atoms with Gasteiger partial charge < -0.3 is 20.7 Å². The van der Waals surface area contributed by atoms with Crippen LogP contribution in [0.25, 0.3) is 0 Å². The standard InChI is InChI=1S/C21H21N5O3/c1-13-10-19(24-18-9-5-8-17(12-18)23-14(2)27)26-21(22-13)25-16-7-4-6-15(11-16)20(28)29-3/h4-12H,1-3H3,(H,23,27)(H2,22,24,25,26). The Hall–Kier alpha value is -3.94. The third-order valence-corrected chi connectivity index (χ3v) is 3.85. The summed E-state index contributed by atoms with van der Waals surface area (Å²) in [6, 6.07) is 16.0. The van der Waals surface area contributed by atoms with Crippen LogP contribution in [0.2, 0.25) is 0 Å². The molecule has 0 aliphatic carbocycles. The fraction of sp³-hybridized carbons (Fsp3) is 0.143. The number of ether oxygens (including phenoxy) is 1. The number of nitrogens with zero attached hydrogens (tertiary/aromatic N) is 2. The molecule has 1 aromatic heterocycles. The first-order valence-electron chi connectivity index (χ1n) is 8.89. The van der Waals surface area contributed by atoms with E-state index in [9.17, 15) is 9.59 Å². The monoisotopic (exact) mass is 391 g/mol. The maximum absolute atomic E-state index is 11.7. The van der Waals surface area contributed by atoms with Crippen molar-refractivity contribution in [2.45, 2.75) is 13.8 Å². The Kier molecular flexibility index (Phi) is 6.03. The van der Waals surface area contributed by atoms with Crippen molar-refractivity contribution in [1.82, 2.24) is 9.97 Å². The number of amides is 1. The molecule has 0 aliphatic rings. The van der Waals surface area contributed by atoms with Crippen LogP contribution in [-0.2, 0) is 9.53 Å². The number of aryl methyl sites for hydroxylation is 1. The number of aromatic nitrogens is 2. The largest absolute Gasteiger partial charge is 0.465 e. The zero-order valence-corrected chi connectivity index (χ0v) is 16.3. The van der Waals surface area contributed by atoms with Crippen molar-refractivity contribution in [1.29, 1.82) is 0 Å². The highest BCUT2D eigenvalue weighted by Crippen LogP contribution is 2.22. The molecule has 1 heterocycles. The van der Waals surface area contributed by atoms with E-state index in [4.69, 9.17) is 4.74 Å². The lowest BCUT2D eigenvalue weighted by Crippen LogP contribution is -2.06. The summed E-state index contributed by atoms with van der Waals surface area (Å²) >= 11 is 0. The summed E-state index contributed by atoms with van der Waals surface area (Å²) in [6.45, 7) is 3.32. The molecule has 0 atom stereocenters. The summed E-state index contributed by atoms with van der Waals surface area (Å²) < 4.78 is 4.75. The Morgan fingerprint density at radius 1 is 0.897 bits per heavy atom. The quantitative estimate of drug-likeness (QED) is 0.545. The van der Waals surface area contributed by atoms with E-state index in [-0.39, 0.29) is 5.91 Å². The summed E-state index contributed by atoms with van der Waals surface area (Å²) in [5, 5.41) is 9.05. The smallest absolute Gasteiger partial charge is 0.337 e. The summed E-state index contributed by atoms with van der Waals surface area (Å²) in [4.78, 5) is 31.8. The van der Waals surface area contributed by atoms with Crippen LogP contribution in [0.3, 0.4) is 0 Å². The minimum Gasteiger partial charge on any atom is -0.465 e. The average Bonchev–Trinajstić information content (AvgIpc) is 2.67. The van der Waals surface area contributed by atoms with Gasteiger partial charge in [-0.05, 0) is 43.3 Å². The predicted molar refractivity (Wildman–Crippen MR) is 112 cm³/mol. The molecule has 148 valence electrons. The summed E-state index contributed by atoms with van der Waals surface area (Å²) in [6.07, 6.45) is 0. The molecule has 0 spiro atoms. The van der Waals surface area contributed by atoms with Crippen LogP contribution < -0.4 is 16.0 Å². The first-order valence-corrected chi connectivity index (χ1v) is 8.89. The molecule has 8 heteroatoms. The minimum atomic E-state index is -0.416. The Bertz CT molecular complexity index is 1050. The first kappa shape index (κ1) is 19.8. The topological polar surface area (TPSA) is 105 Å². The van der Waals surface area contributed by atoms with Gasteiger partial charge in [0.25, 0.3) is 0 Å². The lowest BCUT2D eigenvalue weighted by Gasteiger charge is -2.11. The highest BCUT2D eigenvalue weighted by molar-refractivity contribution is 5.90. The van der Waals surface area contributed by atoms with Gasteiger partial charge in [-0.3, -0.25) is 4.79 Å². The molecule has 0 unspecified atom stereocenters. The maximum atomic E-state index is 11.7. The van der Waals surface area contributed by atoms with Gasteiger partial charge >= 0.3 is 5.97 Å². The highest BCUT2D eigenvalue weighted by atomic mass is 16.5. The van der Waals surface area contributed by atoms with Crippen molar-refractivity contribution < 1.29 is 14.3 Å². The second kappa shape index (κ2) is 8.83. The summed E-state index contributed by atoms with van der Waals surface area (Å²) in [5.74, 6) is 0.414. The lowest BCUT2D eigenvalue weighted by atomic mass is 10.2. The highest BCUT2D eigenvalue weighted by Gasteiger charge is 2.08. The fourth-order valence-electron chi connectivity index (χ4n) is 2.69. The number of hydrogen-bond acceptors (Lipinski definition) is 7. The number of carbonyl (C=O) groups is 2. The van der Waals surface area contributed by atoms with E-state index in [1.165, 1.54) is 14.0 Å². The van der Waals surface area contributed by atoms with Gasteiger partial charge in [-0.15, -0.1) is 0 Å². The SMILES string of the molecule is COC(=O)c1cccc(Nc2nc(C)cc(Nc3cccc(NC(C)=O)c3)n2)c1. The minimum absolute atomic E-state index is 0.138. The number of rotatable bonds is 6. The van der Waals surface area contributed by atoms with E-state index >= 15 is 0 Å². The van der Waals surface area contributed by atoms with E-state index in [0.717, 1.165) is 11.4 Å². The van der Waals surface area contributed by atoms with E-state index < -0.39 is 5.97 Å². The number of benzene rings is 2. The molecule has 8 nitrogen and oxygen atoms in total. The average molecular weight is 391 g/mol. The molecule has 0 saturated carbocycles. The summed E-state index contributed by atoms with van der Waals surface area (Å²) in [5.41, 5.74) is 3.31. The molecule has 1 amide bonds. The molecular weight excluding hydrogens is 370 g/mol.